The lowest BCUT2D eigenvalue weighted by atomic mass is 10.2. The number of nitrogens with one attached hydrogen (secondary N) is 1. The molecular formula is C15H20N6OS. The molecule has 1 saturated heterocycles. The minimum atomic E-state index is -0.0140. The van der Waals surface area contributed by atoms with Crippen LogP contribution >= 0.6 is 11.3 Å². The zero-order valence-electron chi connectivity index (χ0n) is 13.3. The number of anilines is 2. The molecule has 3 rings (SSSR count). The number of piperazine rings is 1. The molecule has 2 aromatic heterocycles. The van der Waals surface area contributed by atoms with Crippen LogP contribution in [0.2, 0.25) is 0 Å². The maximum atomic E-state index is 12.5. The maximum absolute atomic E-state index is 12.5. The predicted octanol–water partition coefficient (Wildman–Crippen LogP) is 1.72. The molecule has 0 aliphatic carbocycles. The van der Waals surface area contributed by atoms with E-state index in [9.17, 15) is 4.79 Å². The average Bonchev–Trinajstić information content (AvgIpc) is 3.09. The highest BCUT2D eigenvalue weighted by molar-refractivity contribution is 7.13. The summed E-state index contributed by atoms with van der Waals surface area (Å²) >= 11 is 1.63. The number of aromatic nitrogens is 3. The van der Waals surface area contributed by atoms with E-state index in [2.05, 4.69) is 25.2 Å². The first-order valence-electron chi connectivity index (χ1n) is 7.66. The van der Waals surface area contributed by atoms with Crippen LogP contribution in [0.25, 0.3) is 0 Å². The fourth-order valence-electron chi connectivity index (χ4n) is 2.43. The second-order valence-corrected chi connectivity index (χ2v) is 6.56. The highest BCUT2D eigenvalue weighted by atomic mass is 32.1. The molecule has 0 atom stereocenters. The van der Waals surface area contributed by atoms with E-state index in [1.165, 1.54) is 0 Å². The van der Waals surface area contributed by atoms with Crippen LogP contribution in [-0.2, 0) is 0 Å². The van der Waals surface area contributed by atoms with E-state index in [0.29, 0.717) is 24.6 Å². The summed E-state index contributed by atoms with van der Waals surface area (Å²) in [7, 11) is 0. The highest BCUT2D eigenvalue weighted by Gasteiger charge is 2.23. The Kier molecular flexibility index (Phi) is 4.71. The Labute approximate surface area is 139 Å². The molecule has 1 amide bonds. The molecule has 0 saturated carbocycles. The topological polar surface area (TPSA) is 74.2 Å². The standard InChI is InChI=1S/C15H20N6OS/c1-11(2)19-14-17-9-12(10-18-14)13(22)20-4-6-21(7-5-20)15-16-3-8-23-15/h3,8-11H,4-7H2,1-2H3,(H,17,18,19). The molecule has 122 valence electrons. The largest absolute Gasteiger partial charge is 0.352 e. The Morgan fingerprint density at radius 1 is 1.17 bits per heavy atom. The molecule has 1 N–H and O–H groups in total. The van der Waals surface area contributed by atoms with Crippen molar-refractivity contribution in [3.05, 3.63) is 29.5 Å². The van der Waals surface area contributed by atoms with Gasteiger partial charge in [0, 0.05) is 56.2 Å². The Morgan fingerprint density at radius 2 is 1.87 bits per heavy atom. The third-order valence-corrected chi connectivity index (χ3v) is 4.41. The summed E-state index contributed by atoms with van der Waals surface area (Å²) in [6.45, 7) is 7.00. The SMILES string of the molecule is CC(C)Nc1ncc(C(=O)N2CCN(c3nccs3)CC2)cn1. The van der Waals surface area contributed by atoms with E-state index in [-0.39, 0.29) is 11.9 Å². The molecule has 0 bridgehead atoms. The van der Waals surface area contributed by atoms with Gasteiger partial charge in [0.15, 0.2) is 5.13 Å². The summed E-state index contributed by atoms with van der Waals surface area (Å²) in [5, 5.41) is 6.10. The van der Waals surface area contributed by atoms with E-state index in [1.807, 2.05) is 30.3 Å². The maximum Gasteiger partial charge on any atom is 0.257 e. The number of amides is 1. The second kappa shape index (κ2) is 6.91. The number of nitrogens with zero attached hydrogens (tertiary/aromatic N) is 5. The number of thiazole rings is 1. The lowest BCUT2D eigenvalue weighted by molar-refractivity contribution is 0.0746. The normalized spacial score (nSPS) is 15.1. The smallest absolute Gasteiger partial charge is 0.257 e. The Balaban J connectivity index is 1.58. The van der Waals surface area contributed by atoms with Crippen molar-refractivity contribution < 1.29 is 4.79 Å². The summed E-state index contributed by atoms with van der Waals surface area (Å²) in [4.78, 5) is 29.3. The third kappa shape index (κ3) is 3.76. The lowest BCUT2D eigenvalue weighted by Gasteiger charge is -2.34. The van der Waals surface area contributed by atoms with Crippen molar-refractivity contribution >= 4 is 28.3 Å². The number of rotatable bonds is 4. The summed E-state index contributed by atoms with van der Waals surface area (Å²) in [5.74, 6) is 0.532. The van der Waals surface area contributed by atoms with Crippen LogP contribution in [0.1, 0.15) is 24.2 Å². The number of carbonyl (C=O) groups is 1. The fraction of sp³-hybridized carbons (Fsp3) is 0.467. The van der Waals surface area contributed by atoms with Crippen LogP contribution in [-0.4, -0.2) is 58.0 Å². The van der Waals surface area contributed by atoms with E-state index in [1.54, 1.807) is 23.7 Å². The van der Waals surface area contributed by atoms with Crippen molar-refractivity contribution in [3.63, 3.8) is 0 Å². The van der Waals surface area contributed by atoms with E-state index >= 15 is 0 Å². The quantitative estimate of drug-likeness (QED) is 0.919. The van der Waals surface area contributed by atoms with Gasteiger partial charge in [0.2, 0.25) is 5.95 Å². The van der Waals surface area contributed by atoms with Crippen LogP contribution in [0.15, 0.2) is 24.0 Å². The van der Waals surface area contributed by atoms with Crippen LogP contribution in [0.3, 0.4) is 0 Å². The van der Waals surface area contributed by atoms with Crippen LogP contribution < -0.4 is 10.2 Å². The molecule has 0 unspecified atom stereocenters. The number of hydrogen-bond acceptors (Lipinski definition) is 7. The van der Waals surface area contributed by atoms with Crippen LogP contribution in [0.5, 0.6) is 0 Å². The first-order valence-corrected chi connectivity index (χ1v) is 8.54. The molecule has 0 radical (unpaired) electrons. The average molecular weight is 332 g/mol. The Hall–Kier alpha value is -2.22. The van der Waals surface area contributed by atoms with Gasteiger partial charge in [0.25, 0.3) is 5.91 Å². The zero-order chi connectivity index (χ0) is 16.2. The molecule has 0 spiro atoms. The molecule has 23 heavy (non-hydrogen) atoms. The van der Waals surface area contributed by atoms with Gasteiger partial charge in [-0.15, -0.1) is 11.3 Å². The van der Waals surface area contributed by atoms with Gasteiger partial charge in [0.05, 0.1) is 5.56 Å². The van der Waals surface area contributed by atoms with Crippen molar-refractivity contribution in [2.45, 2.75) is 19.9 Å². The summed E-state index contributed by atoms with van der Waals surface area (Å²) in [6, 6.07) is 0.260. The van der Waals surface area contributed by atoms with Crippen molar-refractivity contribution in [1.29, 1.82) is 0 Å². The third-order valence-electron chi connectivity index (χ3n) is 3.57. The van der Waals surface area contributed by atoms with E-state index in [4.69, 9.17) is 0 Å². The molecule has 7 nitrogen and oxygen atoms in total. The molecular weight excluding hydrogens is 312 g/mol. The lowest BCUT2D eigenvalue weighted by Crippen LogP contribution is -2.48. The monoisotopic (exact) mass is 332 g/mol. The van der Waals surface area contributed by atoms with Gasteiger partial charge in [-0.1, -0.05) is 0 Å². The van der Waals surface area contributed by atoms with E-state index < -0.39 is 0 Å². The number of hydrogen-bond donors (Lipinski definition) is 1. The second-order valence-electron chi connectivity index (χ2n) is 5.69. The first kappa shape index (κ1) is 15.7. The summed E-state index contributed by atoms with van der Waals surface area (Å²) in [5.41, 5.74) is 0.530. The van der Waals surface area contributed by atoms with E-state index in [0.717, 1.165) is 18.2 Å². The molecule has 0 aromatic carbocycles. The van der Waals surface area contributed by atoms with Crippen molar-refractivity contribution in [2.24, 2.45) is 0 Å². The summed E-state index contributed by atoms with van der Waals surface area (Å²) in [6.07, 6.45) is 4.99. The molecule has 1 aliphatic heterocycles. The predicted molar refractivity (Wildman–Crippen MR) is 91.0 cm³/mol. The van der Waals surface area contributed by atoms with Crippen LogP contribution in [0, 0.1) is 0 Å². The van der Waals surface area contributed by atoms with Gasteiger partial charge in [-0.2, -0.15) is 0 Å². The van der Waals surface area contributed by atoms with Crippen molar-refractivity contribution in [3.8, 4) is 0 Å². The van der Waals surface area contributed by atoms with Gasteiger partial charge in [-0.25, -0.2) is 15.0 Å². The van der Waals surface area contributed by atoms with Crippen molar-refractivity contribution in [1.82, 2.24) is 19.9 Å². The van der Waals surface area contributed by atoms with Gasteiger partial charge >= 0.3 is 0 Å². The minimum absolute atomic E-state index is 0.0140. The molecule has 8 heteroatoms. The first-order chi connectivity index (χ1) is 11.1. The molecule has 1 aliphatic rings. The van der Waals surface area contributed by atoms with Crippen molar-refractivity contribution in [2.75, 3.05) is 36.4 Å². The van der Waals surface area contributed by atoms with Gasteiger partial charge in [-0.3, -0.25) is 4.79 Å². The molecule has 1 fully saturated rings. The minimum Gasteiger partial charge on any atom is -0.352 e. The Morgan fingerprint density at radius 3 is 2.43 bits per heavy atom. The van der Waals surface area contributed by atoms with Crippen LogP contribution in [0.4, 0.5) is 11.1 Å². The fourth-order valence-corrected chi connectivity index (χ4v) is 3.12. The van der Waals surface area contributed by atoms with Gasteiger partial charge in [-0.05, 0) is 13.8 Å². The Bertz CT molecular complexity index is 634. The zero-order valence-corrected chi connectivity index (χ0v) is 14.1. The van der Waals surface area contributed by atoms with Gasteiger partial charge < -0.3 is 15.1 Å². The molecule has 3 heterocycles. The number of carbonyl (C=O) groups excluding carboxylic acids is 1. The molecule has 2 aromatic rings. The summed E-state index contributed by atoms with van der Waals surface area (Å²) < 4.78 is 0. The highest BCUT2D eigenvalue weighted by Crippen LogP contribution is 2.19. The van der Waals surface area contributed by atoms with Gasteiger partial charge in [0.1, 0.15) is 0 Å².